The maximum atomic E-state index is 12.6. The van der Waals surface area contributed by atoms with E-state index in [0.29, 0.717) is 24.9 Å². The van der Waals surface area contributed by atoms with Crippen LogP contribution in [0.1, 0.15) is 57.8 Å². The fraction of sp³-hybridized carbons (Fsp3) is 0.619. The maximum absolute atomic E-state index is 12.6. The van der Waals surface area contributed by atoms with Gasteiger partial charge < -0.3 is 15.5 Å². The normalized spacial score (nSPS) is 22.4. The molecule has 2 N–H and O–H groups in total. The number of nitrogens with one attached hydrogen (secondary N) is 2. The fourth-order valence-electron chi connectivity index (χ4n) is 4.38. The zero-order valence-electron chi connectivity index (χ0n) is 15.6. The summed E-state index contributed by atoms with van der Waals surface area (Å²) in [6, 6.07) is 9.71. The minimum Gasteiger partial charge on any atom is -0.339 e. The molecule has 1 aromatic carbocycles. The van der Waals surface area contributed by atoms with Gasteiger partial charge in [0.1, 0.15) is 0 Å². The standard InChI is InChI=1S/C21H31N3O2/c25-20(24-16-8-10-17-9-4-5-13-19(17)24)14-6-7-15-22-21(26)23-18-11-2-1-3-12-18/h1-3,11-12,17,19H,4-10,13-16H2,(H2,22,23,26). The number of unbranched alkanes of at least 4 members (excludes halogenated alkanes) is 1. The van der Waals surface area contributed by atoms with E-state index in [1.165, 1.54) is 32.1 Å². The van der Waals surface area contributed by atoms with E-state index in [1.807, 2.05) is 30.3 Å². The van der Waals surface area contributed by atoms with Gasteiger partial charge in [-0.15, -0.1) is 0 Å². The third-order valence-corrected chi connectivity index (χ3v) is 5.70. The van der Waals surface area contributed by atoms with Crippen LogP contribution in [0.25, 0.3) is 0 Å². The molecule has 1 saturated carbocycles. The van der Waals surface area contributed by atoms with Gasteiger partial charge in [-0.3, -0.25) is 4.79 Å². The molecule has 142 valence electrons. The van der Waals surface area contributed by atoms with E-state index in [-0.39, 0.29) is 6.03 Å². The van der Waals surface area contributed by atoms with Gasteiger partial charge in [0, 0.05) is 31.2 Å². The first-order valence-electron chi connectivity index (χ1n) is 10.1. The van der Waals surface area contributed by atoms with Crippen molar-refractivity contribution in [3.05, 3.63) is 30.3 Å². The summed E-state index contributed by atoms with van der Waals surface area (Å²) in [5.41, 5.74) is 0.785. The van der Waals surface area contributed by atoms with Crippen molar-refractivity contribution < 1.29 is 9.59 Å². The number of hydrogen-bond donors (Lipinski definition) is 2. The van der Waals surface area contributed by atoms with E-state index >= 15 is 0 Å². The number of anilines is 1. The lowest BCUT2D eigenvalue weighted by molar-refractivity contribution is -0.137. The zero-order chi connectivity index (χ0) is 18.2. The van der Waals surface area contributed by atoms with Gasteiger partial charge in [-0.2, -0.15) is 0 Å². The average molecular weight is 357 g/mol. The predicted octanol–water partition coefficient (Wildman–Crippen LogP) is 4.16. The summed E-state index contributed by atoms with van der Waals surface area (Å²) >= 11 is 0. The highest BCUT2D eigenvalue weighted by Gasteiger charge is 2.35. The topological polar surface area (TPSA) is 61.4 Å². The lowest BCUT2D eigenvalue weighted by atomic mass is 9.78. The van der Waals surface area contributed by atoms with Gasteiger partial charge in [0.05, 0.1) is 0 Å². The number of nitrogens with zero attached hydrogens (tertiary/aromatic N) is 1. The SMILES string of the molecule is O=C(NCCCCC(=O)N1CCCC2CCCCC21)Nc1ccccc1. The first-order chi connectivity index (χ1) is 12.7. The Bertz CT molecular complexity index is 588. The number of para-hydroxylation sites is 1. The Morgan fingerprint density at radius 1 is 1.00 bits per heavy atom. The Hall–Kier alpha value is -2.04. The molecule has 1 saturated heterocycles. The van der Waals surface area contributed by atoms with Crippen molar-refractivity contribution in [3.8, 4) is 0 Å². The average Bonchev–Trinajstić information content (AvgIpc) is 2.68. The molecule has 0 spiro atoms. The monoisotopic (exact) mass is 357 g/mol. The van der Waals surface area contributed by atoms with E-state index in [1.54, 1.807) is 0 Å². The number of hydrogen-bond acceptors (Lipinski definition) is 2. The molecule has 0 aromatic heterocycles. The third kappa shape index (κ3) is 5.23. The van der Waals surface area contributed by atoms with Crippen LogP contribution in [0, 0.1) is 5.92 Å². The zero-order valence-corrected chi connectivity index (χ0v) is 15.6. The largest absolute Gasteiger partial charge is 0.339 e. The molecule has 2 unspecified atom stereocenters. The van der Waals surface area contributed by atoms with E-state index in [9.17, 15) is 9.59 Å². The molecule has 2 fully saturated rings. The van der Waals surface area contributed by atoms with Crippen LogP contribution in [0.5, 0.6) is 0 Å². The Morgan fingerprint density at radius 3 is 2.62 bits per heavy atom. The molecular weight excluding hydrogens is 326 g/mol. The number of benzene rings is 1. The molecule has 3 amide bonds. The summed E-state index contributed by atoms with van der Waals surface area (Å²) in [6.45, 7) is 1.54. The van der Waals surface area contributed by atoms with E-state index < -0.39 is 0 Å². The number of amides is 3. The number of urea groups is 1. The van der Waals surface area contributed by atoms with Gasteiger partial charge >= 0.3 is 6.03 Å². The lowest BCUT2D eigenvalue weighted by Gasteiger charge is -2.44. The van der Waals surface area contributed by atoms with Crippen LogP contribution >= 0.6 is 0 Å². The quantitative estimate of drug-likeness (QED) is 0.751. The number of fused-ring (bicyclic) bond motifs is 1. The van der Waals surface area contributed by atoms with Crippen LogP contribution in [0.2, 0.25) is 0 Å². The van der Waals surface area contributed by atoms with Gasteiger partial charge in [-0.05, 0) is 56.6 Å². The Kier molecular flexibility index (Phi) is 6.92. The highest BCUT2D eigenvalue weighted by atomic mass is 16.2. The lowest BCUT2D eigenvalue weighted by Crippen LogP contribution is -2.49. The molecule has 1 aliphatic carbocycles. The van der Waals surface area contributed by atoms with Crippen LogP contribution in [0.15, 0.2) is 30.3 Å². The molecule has 5 nitrogen and oxygen atoms in total. The van der Waals surface area contributed by atoms with Crippen molar-refractivity contribution in [2.45, 2.75) is 63.8 Å². The van der Waals surface area contributed by atoms with Gasteiger partial charge in [-0.1, -0.05) is 31.0 Å². The smallest absolute Gasteiger partial charge is 0.319 e. The highest BCUT2D eigenvalue weighted by molar-refractivity contribution is 5.89. The van der Waals surface area contributed by atoms with Crippen molar-refractivity contribution in [3.63, 3.8) is 0 Å². The Labute approximate surface area is 156 Å². The van der Waals surface area contributed by atoms with E-state index in [2.05, 4.69) is 15.5 Å². The van der Waals surface area contributed by atoms with Crippen molar-refractivity contribution in [2.75, 3.05) is 18.4 Å². The maximum Gasteiger partial charge on any atom is 0.319 e. The first kappa shape index (κ1) is 18.7. The third-order valence-electron chi connectivity index (χ3n) is 5.70. The second-order valence-electron chi connectivity index (χ2n) is 7.55. The van der Waals surface area contributed by atoms with E-state index in [0.717, 1.165) is 37.4 Å². The van der Waals surface area contributed by atoms with Crippen LogP contribution in [0.4, 0.5) is 10.5 Å². The predicted molar refractivity (Wildman–Crippen MR) is 104 cm³/mol. The van der Waals surface area contributed by atoms with Crippen molar-refractivity contribution in [1.29, 1.82) is 0 Å². The summed E-state index contributed by atoms with van der Waals surface area (Å²) < 4.78 is 0. The van der Waals surface area contributed by atoms with Crippen molar-refractivity contribution in [2.24, 2.45) is 5.92 Å². The number of likely N-dealkylation sites (tertiary alicyclic amines) is 1. The molecule has 1 aliphatic heterocycles. The number of piperidine rings is 1. The molecular formula is C21H31N3O2. The molecule has 5 heteroatoms. The summed E-state index contributed by atoms with van der Waals surface area (Å²) in [7, 11) is 0. The number of rotatable bonds is 6. The van der Waals surface area contributed by atoms with Crippen LogP contribution in [-0.4, -0.2) is 36.0 Å². The minimum absolute atomic E-state index is 0.191. The molecule has 1 heterocycles. The Morgan fingerprint density at radius 2 is 1.77 bits per heavy atom. The second kappa shape index (κ2) is 9.60. The number of carbonyl (C=O) groups excluding carboxylic acids is 2. The van der Waals surface area contributed by atoms with Gasteiger partial charge in [-0.25, -0.2) is 4.79 Å². The second-order valence-corrected chi connectivity index (χ2v) is 7.55. The molecule has 2 atom stereocenters. The summed E-state index contributed by atoms with van der Waals surface area (Å²) in [5.74, 6) is 1.06. The highest BCUT2D eigenvalue weighted by Crippen LogP contribution is 2.35. The van der Waals surface area contributed by atoms with E-state index in [4.69, 9.17) is 0 Å². The van der Waals surface area contributed by atoms with Gasteiger partial charge in [0.2, 0.25) is 5.91 Å². The minimum atomic E-state index is -0.191. The molecule has 26 heavy (non-hydrogen) atoms. The van der Waals surface area contributed by atoms with Crippen molar-refractivity contribution in [1.82, 2.24) is 10.2 Å². The van der Waals surface area contributed by atoms with Crippen LogP contribution in [0.3, 0.4) is 0 Å². The van der Waals surface area contributed by atoms with Gasteiger partial charge in [0.15, 0.2) is 0 Å². The molecule has 1 aromatic rings. The Balaban J connectivity index is 1.32. The molecule has 0 radical (unpaired) electrons. The summed E-state index contributed by atoms with van der Waals surface area (Å²) in [6.07, 6.45) is 9.82. The molecule has 0 bridgehead atoms. The first-order valence-corrected chi connectivity index (χ1v) is 10.1. The molecule has 3 rings (SSSR count). The molecule has 2 aliphatic rings. The van der Waals surface area contributed by atoms with Gasteiger partial charge in [0.25, 0.3) is 0 Å². The summed E-state index contributed by atoms with van der Waals surface area (Å²) in [5, 5.41) is 5.65. The van der Waals surface area contributed by atoms with Crippen molar-refractivity contribution >= 4 is 17.6 Å². The fourth-order valence-corrected chi connectivity index (χ4v) is 4.38. The van der Waals surface area contributed by atoms with Crippen LogP contribution < -0.4 is 10.6 Å². The number of carbonyl (C=O) groups is 2. The van der Waals surface area contributed by atoms with Crippen LogP contribution in [-0.2, 0) is 4.79 Å². The summed E-state index contributed by atoms with van der Waals surface area (Å²) in [4.78, 5) is 26.6.